The highest BCUT2D eigenvalue weighted by molar-refractivity contribution is 14.0. The Morgan fingerprint density at radius 1 is 1.19 bits per heavy atom. The number of benzene rings is 1. The predicted octanol–water partition coefficient (Wildman–Crippen LogP) is 3.47. The maximum atomic E-state index is 5.11. The number of nitrogens with zero attached hydrogens (tertiary/aromatic N) is 1. The number of rotatable bonds is 9. The lowest BCUT2D eigenvalue weighted by molar-refractivity contribution is 0.203. The van der Waals surface area contributed by atoms with Gasteiger partial charge in [-0.2, -0.15) is 0 Å². The molecule has 5 nitrogen and oxygen atoms in total. The van der Waals surface area contributed by atoms with Gasteiger partial charge in [0.05, 0.1) is 13.2 Å². The number of guanidine groups is 1. The summed E-state index contributed by atoms with van der Waals surface area (Å²) in [4.78, 5) is 4.86. The Hall–Kier alpha value is -0.860. The van der Waals surface area contributed by atoms with E-state index in [1.54, 1.807) is 7.11 Å². The van der Waals surface area contributed by atoms with Gasteiger partial charge in [0.15, 0.2) is 5.96 Å². The molecule has 26 heavy (non-hydrogen) atoms. The highest BCUT2D eigenvalue weighted by Gasteiger charge is 2.34. The molecule has 1 fully saturated rings. The first kappa shape index (κ1) is 23.2. The van der Waals surface area contributed by atoms with E-state index >= 15 is 0 Å². The van der Waals surface area contributed by atoms with Crippen molar-refractivity contribution in [2.75, 3.05) is 33.4 Å². The fourth-order valence-corrected chi connectivity index (χ4v) is 3.53. The van der Waals surface area contributed by atoms with Crippen LogP contribution in [0.1, 0.15) is 51.1 Å². The van der Waals surface area contributed by atoms with Crippen molar-refractivity contribution >= 4 is 29.9 Å². The smallest absolute Gasteiger partial charge is 0.191 e. The number of methoxy groups -OCH3 is 1. The van der Waals surface area contributed by atoms with E-state index in [-0.39, 0.29) is 29.5 Å². The zero-order chi connectivity index (χ0) is 18.0. The Morgan fingerprint density at radius 2 is 1.88 bits per heavy atom. The van der Waals surface area contributed by atoms with Gasteiger partial charge in [0, 0.05) is 31.8 Å². The van der Waals surface area contributed by atoms with Crippen LogP contribution < -0.4 is 16.0 Å². The molecule has 1 unspecified atom stereocenters. The first-order valence-corrected chi connectivity index (χ1v) is 9.53. The maximum Gasteiger partial charge on any atom is 0.191 e. The minimum Gasteiger partial charge on any atom is -0.383 e. The lowest BCUT2D eigenvalue weighted by Crippen LogP contribution is -2.48. The number of nitrogens with one attached hydrogen (secondary N) is 3. The Morgan fingerprint density at radius 3 is 2.50 bits per heavy atom. The molecule has 1 aliphatic rings. The predicted molar refractivity (Wildman–Crippen MR) is 120 cm³/mol. The van der Waals surface area contributed by atoms with Gasteiger partial charge >= 0.3 is 0 Å². The van der Waals surface area contributed by atoms with Crippen LogP contribution in [0.2, 0.25) is 0 Å². The summed E-state index contributed by atoms with van der Waals surface area (Å²) in [7, 11) is 1.72. The van der Waals surface area contributed by atoms with E-state index in [2.05, 4.69) is 60.1 Å². The molecule has 1 atom stereocenters. The third-order valence-corrected chi connectivity index (χ3v) is 4.87. The van der Waals surface area contributed by atoms with E-state index in [1.165, 1.54) is 31.2 Å². The molecule has 3 N–H and O–H groups in total. The minimum atomic E-state index is 0. The summed E-state index contributed by atoms with van der Waals surface area (Å²) in [6, 6.07) is 11.0. The Kier molecular flexibility index (Phi) is 11.2. The van der Waals surface area contributed by atoms with Crippen molar-refractivity contribution in [3.63, 3.8) is 0 Å². The summed E-state index contributed by atoms with van der Waals surface area (Å²) in [5.41, 5.74) is 1.43. The molecule has 1 aromatic rings. The standard InChI is InChI=1S/C20H34N4O.HI/c1-4-21-19(22-14-15-25-3)23-16-20(12-8-9-13-20)24-17(2)18-10-6-5-7-11-18;/h5-7,10-11,17,24H,4,8-9,12-16H2,1-3H3,(H2,21,22,23);1H. The molecule has 0 bridgehead atoms. The Bertz CT molecular complexity index is 518. The SMILES string of the molecule is CCNC(=NCC1(NC(C)c2ccccc2)CCCC1)NCCOC.I. The van der Waals surface area contributed by atoms with Crippen LogP contribution in [0.3, 0.4) is 0 Å². The van der Waals surface area contributed by atoms with Gasteiger partial charge in [-0.25, -0.2) is 0 Å². The van der Waals surface area contributed by atoms with Crippen molar-refractivity contribution in [1.82, 2.24) is 16.0 Å². The van der Waals surface area contributed by atoms with Crippen LogP contribution in [-0.4, -0.2) is 44.8 Å². The van der Waals surface area contributed by atoms with Gasteiger partial charge in [-0.05, 0) is 32.3 Å². The number of aliphatic imine (C=N–C) groups is 1. The maximum absolute atomic E-state index is 5.11. The third kappa shape index (κ3) is 7.40. The van der Waals surface area contributed by atoms with Crippen molar-refractivity contribution in [1.29, 1.82) is 0 Å². The Balaban J connectivity index is 0.00000338. The molecule has 1 aliphatic carbocycles. The number of halogens is 1. The van der Waals surface area contributed by atoms with Gasteiger partial charge in [-0.1, -0.05) is 43.2 Å². The van der Waals surface area contributed by atoms with Crippen LogP contribution in [0.15, 0.2) is 35.3 Å². The van der Waals surface area contributed by atoms with Crippen LogP contribution in [-0.2, 0) is 4.74 Å². The van der Waals surface area contributed by atoms with Crippen LogP contribution in [0.4, 0.5) is 0 Å². The van der Waals surface area contributed by atoms with Gasteiger partial charge in [0.25, 0.3) is 0 Å². The first-order valence-electron chi connectivity index (χ1n) is 9.53. The molecule has 2 rings (SSSR count). The number of ether oxygens (including phenoxy) is 1. The van der Waals surface area contributed by atoms with Gasteiger partial charge in [0.1, 0.15) is 0 Å². The fourth-order valence-electron chi connectivity index (χ4n) is 3.53. The number of hydrogen-bond donors (Lipinski definition) is 3. The van der Waals surface area contributed by atoms with Crippen molar-refractivity contribution in [3.8, 4) is 0 Å². The molecule has 1 saturated carbocycles. The molecule has 0 aliphatic heterocycles. The summed E-state index contributed by atoms with van der Waals surface area (Å²) in [6.07, 6.45) is 4.92. The van der Waals surface area contributed by atoms with E-state index in [0.717, 1.165) is 25.6 Å². The van der Waals surface area contributed by atoms with Gasteiger partial charge in [0.2, 0.25) is 0 Å². The molecule has 1 aromatic carbocycles. The van der Waals surface area contributed by atoms with Crippen molar-refractivity contribution < 1.29 is 4.74 Å². The monoisotopic (exact) mass is 474 g/mol. The van der Waals surface area contributed by atoms with Gasteiger partial charge < -0.3 is 20.7 Å². The lowest BCUT2D eigenvalue weighted by atomic mass is 9.95. The molecule has 0 saturated heterocycles. The van der Waals surface area contributed by atoms with E-state index < -0.39 is 0 Å². The van der Waals surface area contributed by atoms with E-state index in [9.17, 15) is 0 Å². The summed E-state index contributed by atoms with van der Waals surface area (Å²) in [6.45, 7) is 7.45. The largest absolute Gasteiger partial charge is 0.383 e. The average molecular weight is 474 g/mol. The van der Waals surface area contributed by atoms with Crippen molar-refractivity contribution in [2.24, 2.45) is 4.99 Å². The summed E-state index contributed by atoms with van der Waals surface area (Å²) < 4.78 is 5.11. The van der Waals surface area contributed by atoms with E-state index in [4.69, 9.17) is 9.73 Å². The fraction of sp³-hybridized carbons (Fsp3) is 0.650. The molecule has 6 heteroatoms. The second kappa shape index (κ2) is 12.5. The van der Waals surface area contributed by atoms with E-state index in [1.807, 2.05) is 0 Å². The van der Waals surface area contributed by atoms with Crippen LogP contribution in [0.5, 0.6) is 0 Å². The van der Waals surface area contributed by atoms with Gasteiger partial charge in [-0.15, -0.1) is 24.0 Å². The van der Waals surface area contributed by atoms with Crippen molar-refractivity contribution in [3.05, 3.63) is 35.9 Å². The van der Waals surface area contributed by atoms with Gasteiger partial charge in [-0.3, -0.25) is 4.99 Å². The second-order valence-corrected chi connectivity index (χ2v) is 6.88. The molecule has 0 spiro atoms. The topological polar surface area (TPSA) is 57.7 Å². The first-order chi connectivity index (χ1) is 12.2. The van der Waals surface area contributed by atoms with Crippen molar-refractivity contribution in [2.45, 2.75) is 51.1 Å². The summed E-state index contributed by atoms with van der Waals surface area (Å²) >= 11 is 0. The summed E-state index contributed by atoms with van der Waals surface area (Å²) in [5.74, 6) is 0.875. The number of hydrogen-bond acceptors (Lipinski definition) is 3. The molecular weight excluding hydrogens is 439 g/mol. The molecule has 0 heterocycles. The van der Waals surface area contributed by atoms with E-state index in [0.29, 0.717) is 12.6 Å². The molecular formula is C20H35IN4O. The highest BCUT2D eigenvalue weighted by atomic mass is 127. The van der Waals surface area contributed by atoms with Crippen LogP contribution >= 0.6 is 24.0 Å². The quantitative estimate of drug-likeness (QED) is 0.222. The third-order valence-electron chi connectivity index (χ3n) is 4.87. The summed E-state index contributed by atoms with van der Waals surface area (Å²) in [5, 5.41) is 10.5. The zero-order valence-corrected chi connectivity index (χ0v) is 18.7. The minimum absolute atomic E-state index is 0. The van der Waals surface area contributed by atoms with Crippen LogP contribution in [0.25, 0.3) is 0 Å². The highest BCUT2D eigenvalue weighted by Crippen LogP contribution is 2.32. The molecule has 0 aromatic heterocycles. The average Bonchev–Trinajstić information content (AvgIpc) is 3.09. The normalized spacial score (nSPS) is 17.4. The molecule has 148 valence electrons. The second-order valence-electron chi connectivity index (χ2n) is 6.88. The zero-order valence-electron chi connectivity index (χ0n) is 16.4. The Labute approximate surface area is 175 Å². The lowest BCUT2D eigenvalue weighted by Gasteiger charge is -2.33. The van der Waals surface area contributed by atoms with Crippen LogP contribution in [0, 0.1) is 0 Å². The molecule has 0 amide bonds. The molecule has 0 radical (unpaired) electrons.